The molecule has 0 unspecified atom stereocenters. The summed E-state index contributed by atoms with van der Waals surface area (Å²) in [5.74, 6) is -0.0448. The number of benzene rings is 1. The molecule has 0 amide bonds. The van der Waals surface area contributed by atoms with Crippen LogP contribution in [0.25, 0.3) is 0 Å². The molecule has 2 rings (SSSR count). The molecule has 0 N–H and O–H groups in total. The Labute approximate surface area is 98.3 Å². The van der Waals surface area contributed by atoms with Gasteiger partial charge in [0.05, 0.1) is 0 Å². The number of hydrogen-bond acceptors (Lipinski definition) is 3. The van der Waals surface area contributed by atoms with Crippen LogP contribution in [0, 0.1) is 12.7 Å². The van der Waals surface area contributed by atoms with Crippen molar-refractivity contribution in [1.29, 1.82) is 0 Å². The largest absolute Gasteiger partial charge is 0.292 e. The molecule has 0 saturated heterocycles. The third kappa shape index (κ3) is 2.72. The fraction of sp³-hybridized carbons (Fsp3) is 0.154. The Morgan fingerprint density at radius 2 is 2.06 bits per heavy atom. The standard InChI is InChI=1S/C13H11FN2O/c1-9-15-7-6-12(16-9)13(17)8-10-4-2-3-5-11(10)14/h2-7H,8H2,1H3. The number of carbonyl (C=O) groups excluding carboxylic acids is 1. The topological polar surface area (TPSA) is 42.9 Å². The van der Waals surface area contributed by atoms with Gasteiger partial charge >= 0.3 is 0 Å². The van der Waals surface area contributed by atoms with E-state index in [1.54, 1.807) is 25.1 Å². The van der Waals surface area contributed by atoms with Crippen molar-refractivity contribution in [3.63, 3.8) is 0 Å². The van der Waals surface area contributed by atoms with E-state index in [4.69, 9.17) is 0 Å². The first-order chi connectivity index (χ1) is 8.16. The van der Waals surface area contributed by atoms with E-state index in [1.165, 1.54) is 18.3 Å². The quantitative estimate of drug-likeness (QED) is 0.760. The zero-order chi connectivity index (χ0) is 12.3. The lowest BCUT2D eigenvalue weighted by Gasteiger charge is -2.02. The normalized spacial score (nSPS) is 10.2. The maximum absolute atomic E-state index is 13.4. The van der Waals surface area contributed by atoms with Crippen molar-refractivity contribution in [2.75, 3.05) is 0 Å². The molecule has 1 heterocycles. The molecule has 0 aliphatic carbocycles. The van der Waals surface area contributed by atoms with Crippen LogP contribution in [0.15, 0.2) is 36.5 Å². The van der Waals surface area contributed by atoms with Gasteiger partial charge in [0.15, 0.2) is 5.78 Å². The molecule has 0 spiro atoms. The molecule has 0 radical (unpaired) electrons. The van der Waals surface area contributed by atoms with Crippen LogP contribution < -0.4 is 0 Å². The maximum Gasteiger partial charge on any atom is 0.185 e. The number of aryl methyl sites for hydroxylation is 1. The number of Topliss-reactive ketones (excluding diaryl/α,β-unsaturated/α-hetero) is 1. The highest BCUT2D eigenvalue weighted by Gasteiger charge is 2.11. The molecule has 1 aromatic heterocycles. The van der Waals surface area contributed by atoms with Gasteiger partial charge in [-0.3, -0.25) is 4.79 Å². The van der Waals surface area contributed by atoms with Gasteiger partial charge in [-0.1, -0.05) is 18.2 Å². The average molecular weight is 230 g/mol. The van der Waals surface area contributed by atoms with E-state index >= 15 is 0 Å². The average Bonchev–Trinajstić information content (AvgIpc) is 2.32. The van der Waals surface area contributed by atoms with Crippen molar-refractivity contribution >= 4 is 5.78 Å². The molecule has 0 fully saturated rings. The Morgan fingerprint density at radius 1 is 1.29 bits per heavy atom. The lowest BCUT2D eigenvalue weighted by atomic mass is 10.1. The summed E-state index contributed by atoms with van der Waals surface area (Å²) in [5.41, 5.74) is 0.703. The first-order valence-electron chi connectivity index (χ1n) is 5.23. The van der Waals surface area contributed by atoms with Crippen LogP contribution in [0.5, 0.6) is 0 Å². The Balaban J connectivity index is 2.20. The molecule has 17 heavy (non-hydrogen) atoms. The third-order valence-corrected chi connectivity index (χ3v) is 2.37. The Morgan fingerprint density at radius 3 is 2.76 bits per heavy atom. The van der Waals surface area contributed by atoms with Gasteiger partial charge in [0, 0.05) is 12.6 Å². The highest BCUT2D eigenvalue weighted by atomic mass is 19.1. The van der Waals surface area contributed by atoms with Crippen LogP contribution >= 0.6 is 0 Å². The molecule has 0 saturated carbocycles. The van der Waals surface area contributed by atoms with Gasteiger partial charge in [-0.25, -0.2) is 14.4 Å². The van der Waals surface area contributed by atoms with Crippen LogP contribution in [-0.2, 0) is 6.42 Å². The molecule has 1 aromatic carbocycles. The van der Waals surface area contributed by atoms with E-state index in [2.05, 4.69) is 9.97 Å². The van der Waals surface area contributed by atoms with E-state index in [9.17, 15) is 9.18 Å². The number of carbonyl (C=O) groups is 1. The third-order valence-electron chi connectivity index (χ3n) is 2.37. The first-order valence-corrected chi connectivity index (χ1v) is 5.23. The molecule has 2 aromatic rings. The molecule has 0 aliphatic heterocycles. The molecule has 0 aliphatic rings. The highest BCUT2D eigenvalue weighted by Crippen LogP contribution is 2.10. The fourth-order valence-electron chi connectivity index (χ4n) is 1.52. The van der Waals surface area contributed by atoms with Crippen molar-refractivity contribution in [2.45, 2.75) is 13.3 Å². The van der Waals surface area contributed by atoms with Crippen molar-refractivity contribution in [3.8, 4) is 0 Å². The zero-order valence-electron chi connectivity index (χ0n) is 9.35. The minimum absolute atomic E-state index is 0.0170. The van der Waals surface area contributed by atoms with Gasteiger partial charge in [-0.15, -0.1) is 0 Å². The molecule has 3 nitrogen and oxygen atoms in total. The van der Waals surface area contributed by atoms with Gasteiger partial charge in [0.1, 0.15) is 17.3 Å². The number of hydrogen-bond donors (Lipinski definition) is 0. The Hall–Kier alpha value is -2.10. The van der Waals surface area contributed by atoms with E-state index in [-0.39, 0.29) is 18.0 Å². The lowest BCUT2D eigenvalue weighted by molar-refractivity contribution is 0.0986. The van der Waals surface area contributed by atoms with E-state index in [0.717, 1.165) is 0 Å². The lowest BCUT2D eigenvalue weighted by Crippen LogP contribution is -2.08. The van der Waals surface area contributed by atoms with Crippen molar-refractivity contribution in [1.82, 2.24) is 9.97 Å². The van der Waals surface area contributed by atoms with Gasteiger partial charge < -0.3 is 0 Å². The summed E-state index contributed by atoms with van der Waals surface area (Å²) in [6, 6.07) is 7.78. The smallest absolute Gasteiger partial charge is 0.185 e. The zero-order valence-corrected chi connectivity index (χ0v) is 9.35. The van der Waals surface area contributed by atoms with Gasteiger partial charge in [0.25, 0.3) is 0 Å². The minimum Gasteiger partial charge on any atom is -0.292 e. The minimum atomic E-state index is -0.369. The fourth-order valence-corrected chi connectivity index (χ4v) is 1.52. The van der Waals surface area contributed by atoms with Crippen LogP contribution in [0.1, 0.15) is 21.9 Å². The summed E-state index contributed by atoms with van der Waals surface area (Å²) in [5, 5.41) is 0. The number of rotatable bonds is 3. The molecular formula is C13H11FN2O. The number of ketones is 1. The van der Waals surface area contributed by atoms with Crippen LogP contribution in [-0.4, -0.2) is 15.8 Å². The molecule has 86 valence electrons. The SMILES string of the molecule is Cc1nccc(C(=O)Cc2ccccc2F)n1. The Kier molecular flexibility index (Phi) is 3.23. The number of aromatic nitrogens is 2. The molecule has 4 heteroatoms. The molecule has 0 bridgehead atoms. The van der Waals surface area contributed by atoms with Crippen molar-refractivity contribution in [2.24, 2.45) is 0 Å². The molecule has 0 atom stereocenters. The van der Waals surface area contributed by atoms with Gasteiger partial charge in [-0.05, 0) is 24.6 Å². The van der Waals surface area contributed by atoms with Crippen molar-refractivity contribution < 1.29 is 9.18 Å². The van der Waals surface area contributed by atoms with Crippen LogP contribution in [0.2, 0.25) is 0 Å². The van der Waals surface area contributed by atoms with E-state index in [0.29, 0.717) is 17.1 Å². The highest BCUT2D eigenvalue weighted by molar-refractivity contribution is 5.95. The summed E-state index contributed by atoms with van der Waals surface area (Å²) in [7, 11) is 0. The predicted octanol–water partition coefficient (Wildman–Crippen LogP) is 2.35. The summed E-state index contributed by atoms with van der Waals surface area (Å²) in [6.45, 7) is 1.71. The van der Waals surface area contributed by atoms with Crippen LogP contribution in [0.3, 0.4) is 0 Å². The second-order valence-electron chi connectivity index (χ2n) is 3.68. The van der Waals surface area contributed by atoms with Crippen molar-refractivity contribution in [3.05, 3.63) is 59.4 Å². The molecular weight excluding hydrogens is 219 g/mol. The van der Waals surface area contributed by atoms with E-state index in [1.807, 2.05) is 0 Å². The van der Waals surface area contributed by atoms with Crippen LogP contribution in [0.4, 0.5) is 4.39 Å². The summed E-state index contributed by atoms with van der Waals surface area (Å²) < 4.78 is 13.4. The van der Waals surface area contributed by atoms with Gasteiger partial charge in [0.2, 0.25) is 0 Å². The second kappa shape index (κ2) is 4.82. The summed E-state index contributed by atoms with van der Waals surface area (Å²) >= 11 is 0. The van der Waals surface area contributed by atoms with E-state index < -0.39 is 0 Å². The predicted molar refractivity (Wildman–Crippen MR) is 61.2 cm³/mol. The monoisotopic (exact) mass is 230 g/mol. The maximum atomic E-state index is 13.4. The first kappa shape index (κ1) is 11.4. The Bertz CT molecular complexity index is 555. The number of nitrogens with zero attached hydrogens (tertiary/aromatic N) is 2. The van der Waals surface area contributed by atoms with Gasteiger partial charge in [-0.2, -0.15) is 0 Å². The second-order valence-corrected chi connectivity index (χ2v) is 3.68. The summed E-state index contributed by atoms with van der Waals surface area (Å²) in [4.78, 5) is 19.8. The summed E-state index contributed by atoms with van der Waals surface area (Å²) in [6.07, 6.45) is 1.54. The number of halogens is 1.